The monoisotopic (exact) mass is 587 g/mol. The number of rotatable bonds is 8. The first-order valence-corrected chi connectivity index (χ1v) is 15.1. The molecular weight excluding hydrogens is 550 g/mol. The van der Waals surface area contributed by atoms with Crippen molar-refractivity contribution < 1.29 is 19.5 Å². The van der Waals surface area contributed by atoms with E-state index in [1.165, 1.54) is 0 Å². The molecule has 1 saturated heterocycles. The van der Waals surface area contributed by atoms with Gasteiger partial charge in [0.15, 0.2) is 0 Å². The molecule has 0 saturated carbocycles. The summed E-state index contributed by atoms with van der Waals surface area (Å²) < 4.78 is 0. The van der Waals surface area contributed by atoms with Crippen molar-refractivity contribution in [2.45, 2.75) is 64.8 Å². The second-order valence-electron chi connectivity index (χ2n) is 11.6. The lowest BCUT2D eigenvalue weighted by Crippen LogP contribution is -2.56. The molecule has 0 aliphatic carbocycles. The number of carbonyl (C=O) groups excluding carboxylic acids is 3. The van der Waals surface area contributed by atoms with Gasteiger partial charge in [0, 0.05) is 25.1 Å². The Morgan fingerprint density at radius 2 is 1.98 bits per heavy atom. The zero-order valence-electron chi connectivity index (χ0n) is 24.6. The Labute approximate surface area is 250 Å². The summed E-state index contributed by atoms with van der Waals surface area (Å²) in [5, 5.41) is 14.0. The molecule has 4 atom stereocenters. The molecule has 4 heterocycles. The van der Waals surface area contributed by atoms with Crippen molar-refractivity contribution in [1.82, 2.24) is 20.1 Å². The minimum atomic E-state index is -1.12. The molecule has 1 fully saturated rings. The average Bonchev–Trinajstić information content (AvgIpc) is 3.71. The normalized spacial score (nSPS) is 25.2. The van der Waals surface area contributed by atoms with Gasteiger partial charge in [-0.25, -0.2) is 4.98 Å². The van der Waals surface area contributed by atoms with Crippen LogP contribution in [0.3, 0.4) is 0 Å². The number of amides is 3. The van der Waals surface area contributed by atoms with Gasteiger partial charge in [-0.05, 0) is 43.4 Å². The summed E-state index contributed by atoms with van der Waals surface area (Å²) in [6.45, 7) is 13.6. The number of allylic oxidation sites excluding steroid dienone is 1. The number of nitrogens with one attached hydrogen (secondary N) is 1. The number of hydrogen-bond donors (Lipinski definition) is 2. The SMILES string of the molecule is C=CC1=C(/C=C\C)C(=O)N(C(C(=O)N2CC(O)CC2C2=NC(=O)C(C)(c3ccc(-c4scnc4C)cc3)N2)C(C)C)C1. The maximum Gasteiger partial charge on any atom is 0.277 e. The fourth-order valence-corrected chi connectivity index (χ4v) is 6.90. The highest BCUT2D eigenvalue weighted by Gasteiger charge is 2.49. The van der Waals surface area contributed by atoms with E-state index < -0.39 is 23.7 Å². The molecule has 4 unspecified atom stereocenters. The van der Waals surface area contributed by atoms with Crippen molar-refractivity contribution in [3.8, 4) is 10.4 Å². The largest absolute Gasteiger partial charge is 0.391 e. The van der Waals surface area contributed by atoms with Crippen LogP contribution in [0.4, 0.5) is 0 Å². The number of aliphatic hydroxyl groups excluding tert-OH is 1. The second-order valence-corrected chi connectivity index (χ2v) is 12.4. The number of amidine groups is 1. The highest BCUT2D eigenvalue weighted by atomic mass is 32.1. The summed E-state index contributed by atoms with van der Waals surface area (Å²) in [6.07, 6.45) is 4.66. The molecule has 1 aromatic heterocycles. The van der Waals surface area contributed by atoms with Crippen LogP contribution >= 0.6 is 11.3 Å². The van der Waals surface area contributed by atoms with Crippen molar-refractivity contribution >= 4 is 34.9 Å². The van der Waals surface area contributed by atoms with Gasteiger partial charge < -0.3 is 20.2 Å². The van der Waals surface area contributed by atoms with E-state index in [4.69, 9.17) is 0 Å². The summed E-state index contributed by atoms with van der Waals surface area (Å²) in [6, 6.07) is 6.37. The number of aliphatic imine (C=N–C) groups is 1. The van der Waals surface area contributed by atoms with Gasteiger partial charge in [0.05, 0.1) is 28.2 Å². The van der Waals surface area contributed by atoms with Gasteiger partial charge in [-0.3, -0.25) is 14.4 Å². The van der Waals surface area contributed by atoms with Crippen LogP contribution in [0.5, 0.6) is 0 Å². The van der Waals surface area contributed by atoms with Gasteiger partial charge in [0.2, 0.25) is 5.91 Å². The molecule has 3 aliphatic heterocycles. The Bertz CT molecular complexity index is 1520. The Morgan fingerprint density at radius 3 is 2.57 bits per heavy atom. The van der Waals surface area contributed by atoms with Gasteiger partial charge in [-0.2, -0.15) is 4.99 Å². The fourth-order valence-electron chi connectivity index (χ4n) is 6.09. The van der Waals surface area contributed by atoms with E-state index in [-0.39, 0.29) is 43.1 Å². The standard InChI is InChI=1S/C32H37N5O4S/c1-7-9-24-20(8-2)15-37(29(24)39)26(18(3)4)30(40)36-16-23(38)14-25(36)28-34-31(41)32(6,35-28)22-12-10-21(11-13-22)27-19(5)33-17-42-27/h7-13,17-18,23,25-26,38H,2,14-16H2,1,3-6H3,(H,34,35,41)/b9-7-. The first-order valence-electron chi connectivity index (χ1n) is 14.2. The summed E-state index contributed by atoms with van der Waals surface area (Å²) >= 11 is 1.57. The average molecular weight is 588 g/mol. The van der Waals surface area contributed by atoms with Crippen molar-refractivity contribution in [2.24, 2.45) is 10.9 Å². The van der Waals surface area contributed by atoms with E-state index in [1.807, 2.05) is 57.5 Å². The number of hydrogen-bond acceptors (Lipinski definition) is 7. The molecule has 10 heteroatoms. The maximum atomic E-state index is 14.2. The molecule has 1 aromatic carbocycles. The number of aromatic nitrogens is 1. The van der Waals surface area contributed by atoms with E-state index in [0.29, 0.717) is 11.4 Å². The first kappa shape index (κ1) is 29.6. The minimum absolute atomic E-state index is 0.0900. The minimum Gasteiger partial charge on any atom is -0.391 e. The number of carbonyl (C=O) groups is 3. The van der Waals surface area contributed by atoms with Crippen LogP contribution in [-0.2, 0) is 19.9 Å². The highest BCUT2D eigenvalue weighted by Crippen LogP contribution is 2.34. The van der Waals surface area contributed by atoms with Gasteiger partial charge in [0.25, 0.3) is 11.8 Å². The number of thiazole rings is 1. The molecule has 0 spiro atoms. The number of β-amino-alcohol motifs (C(OH)–C–C–N with tert-alkyl or cyclic N) is 1. The molecule has 9 nitrogen and oxygen atoms in total. The van der Waals surface area contributed by atoms with E-state index in [9.17, 15) is 19.5 Å². The Balaban J connectivity index is 1.38. The highest BCUT2D eigenvalue weighted by molar-refractivity contribution is 7.13. The zero-order chi connectivity index (χ0) is 30.3. The number of benzene rings is 1. The van der Waals surface area contributed by atoms with Crippen LogP contribution in [0.15, 0.2) is 70.7 Å². The molecule has 3 amide bonds. The van der Waals surface area contributed by atoms with Crippen LogP contribution in [0, 0.1) is 12.8 Å². The van der Waals surface area contributed by atoms with Gasteiger partial charge in [-0.1, -0.05) is 62.9 Å². The molecule has 42 heavy (non-hydrogen) atoms. The quantitative estimate of drug-likeness (QED) is 0.486. The smallest absolute Gasteiger partial charge is 0.277 e. The number of aliphatic hydroxyl groups is 1. The van der Waals surface area contributed by atoms with Crippen LogP contribution in [0.2, 0.25) is 0 Å². The number of likely N-dealkylation sites (tertiary alicyclic amines) is 1. The fraction of sp³-hybridized carbons (Fsp3) is 0.406. The third-order valence-electron chi connectivity index (χ3n) is 8.35. The topological polar surface area (TPSA) is 115 Å². The van der Waals surface area contributed by atoms with Crippen molar-refractivity contribution in [3.63, 3.8) is 0 Å². The Hall–Kier alpha value is -3.89. The van der Waals surface area contributed by atoms with Gasteiger partial charge >= 0.3 is 0 Å². The summed E-state index contributed by atoms with van der Waals surface area (Å²) in [5.41, 5.74) is 4.71. The third-order valence-corrected chi connectivity index (χ3v) is 9.33. The van der Waals surface area contributed by atoms with Crippen LogP contribution < -0.4 is 5.32 Å². The van der Waals surface area contributed by atoms with Crippen LogP contribution in [0.1, 0.15) is 45.4 Å². The number of nitrogens with zero attached hydrogens (tertiary/aromatic N) is 4. The predicted octanol–water partition coefficient (Wildman–Crippen LogP) is 3.75. The molecule has 0 bridgehead atoms. The summed E-state index contributed by atoms with van der Waals surface area (Å²) in [4.78, 5) is 53.9. The van der Waals surface area contributed by atoms with E-state index >= 15 is 0 Å². The molecular formula is C32H37N5O4S. The predicted molar refractivity (Wildman–Crippen MR) is 164 cm³/mol. The van der Waals surface area contributed by atoms with Gasteiger partial charge in [-0.15, -0.1) is 11.3 Å². The summed E-state index contributed by atoms with van der Waals surface area (Å²) in [7, 11) is 0. The number of aryl methyl sites for hydroxylation is 1. The molecule has 2 N–H and O–H groups in total. The maximum absolute atomic E-state index is 14.2. The van der Waals surface area contributed by atoms with Gasteiger partial charge in [0.1, 0.15) is 17.4 Å². The lowest BCUT2D eigenvalue weighted by atomic mass is 9.91. The van der Waals surface area contributed by atoms with Crippen molar-refractivity contribution in [3.05, 3.63) is 77.0 Å². The Kier molecular flexibility index (Phi) is 8.04. The Morgan fingerprint density at radius 1 is 1.26 bits per heavy atom. The zero-order valence-corrected chi connectivity index (χ0v) is 25.4. The molecule has 2 aromatic rings. The van der Waals surface area contributed by atoms with E-state index in [2.05, 4.69) is 21.9 Å². The molecule has 5 rings (SSSR count). The van der Waals surface area contributed by atoms with Crippen molar-refractivity contribution in [2.75, 3.05) is 13.1 Å². The summed E-state index contributed by atoms with van der Waals surface area (Å²) in [5.74, 6) is -0.701. The molecule has 220 valence electrons. The second kappa shape index (κ2) is 11.4. The molecule has 3 aliphatic rings. The van der Waals surface area contributed by atoms with E-state index in [0.717, 1.165) is 27.3 Å². The van der Waals surface area contributed by atoms with Crippen LogP contribution in [0.25, 0.3) is 10.4 Å². The molecule has 0 radical (unpaired) electrons. The lowest BCUT2D eigenvalue weighted by molar-refractivity contribution is -0.144. The third kappa shape index (κ3) is 5.03. The first-order chi connectivity index (χ1) is 20.0. The lowest BCUT2D eigenvalue weighted by Gasteiger charge is -2.36. The van der Waals surface area contributed by atoms with E-state index in [1.54, 1.807) is 46.3 Å². The van der Waals surface area contributed by atoms with Crippen LogP contribution in [-0.4, -0.2) is 74.7 Å². The van der Waals surface area contributed by atoms with Crippen molar-refractivity contribution in [1.29, 1.82) is 0 Å².